The van der Waals surface area contributed by atoms with Gasteiger partial charge in [0.15, 0.2) is 0 Å². The highest BCUT2D eigenvalue weighted by Crippen LogP contribution is 2.29. The number of hydrogen-bond donors (Lipinski definition) is 1. The topological polar surface area (TPSA) is 50.8 Å². The Bertz CT molecular complexity index is 281. The van der Waals surface area contributed by atoms with Gasteiger partial charge in [0.25, 0.3) is 0 Å². The van der Waals surface area contributed by atoms with Gasteiger partial charge in [0, 0.05) is 13.1 Å². The van der Waals surface area contributed by atoms with Gasteiger partial charge in [-0.05, 0) is 13.3 Å². The molecule has 5 nitrogen and oxygen atoms in total. The van der Waals surface area contributed by atoms with E-state index in [4.69, 9.17) is 9.47 Å². The molecule has 2 aliphatic rings. The Morgan fingerprint density at radius 1 is 1.59 bits per heavy atom. The highest BCUT2D eigenvalue weighted by molar-refractivity contribution is 5.68. The van der Waals surface area contributed by atoms with Crippen molar-refractivity contribution < 1.29 is 14.3 Å². The predicted octanol–water partition coefficient (Wildman–Crippen LogP) is 0.986. The zero-order chi connectivity index (χ0) is 12.3. The van der Waals surface area contributed by atoms with Crippen LogP contribution in [0.2, 0.25) is 0 Å². The second-order valence-corrected chi connectivity index (χ2v) is 4.88. The van der Waals surface area contributed by atoms with Crippen LogP contribution >= 0.6 is 0 Å². The molecule has 0 aliphatic carbocycles. The molecule has 2 saturated heterocycles. The minimum Gasteiger partial charge on any atom is -0.450 e. The van der Waals surface area contributed by atoms with E-state index >= 15 is 0 Å². The lowest BCUT2D eigenvalue weighted by Crippen LogP contribution is -2.66. The number of rotatable bonds is 3. The number of carbonyl (C=O) groups is 1. The summed E-state index contributed by atoms with van der Waals surface area (Å²) in [6, 6.07) is 0. The number of nitrogens with zero attached hydrogens (tertiary/aromatic N) is 1. The van der Waals surface area contributed by atoms with Crippen LogP contribution in [0.1, 0.15) is 26.7 Å². The summed E-state index contributed by atoms with van der Waals surface area (Å²) in [7, 11) is 0. The molecule has 2 aliphatic heterocycles. The standard InChI is InChI=1S/C12H22N2O3/c1-3-5-12-8-13-6-10(17-12)7-14(9-12)11(15)16-4-2/h10,13H,3-9H2,1-2H3. The van der Waals surface area contributed by atoms with Gasteiger partial charge in [-0.2, -0.15) is 0 Å². The quantitative estimate of drug-likeness (QED) is 0.801. The highest BCUT2D eigenvalue weighted by Gasteiger charge is 2.44. The lowest BCUT2D eigenvalue weighted by atomic mass is 9.92. The Hall–Kier alpha value is -0.810. The molecular weight excluding hydrogens is 220 g/mol. The van der Waals surface area contributed by atoms with Gasteiger partial charge in [0.05, 0.1) is 31.4 Å². The molecule has 2 atom stereocenters. The second kappa shape index (κ2) is 5.23. The van der Waals surface area contributed by atoms with E-state index in [1.165, 1.54) is 0 Å². The SMILES string of the molecule is CCCC12CNCC(CN(C(=O)OCC)C1)O2. The first-order valence-corrected chi connectivity index (χ1v) is 6.49. The van der Waals surface area contributed by atoms with Crippen LogP contribution in [0.15, 0.2) is 0 Å². The van der Waals surface area contributed by atoms with Crippen molar-refractivity contribution in [3.8, 4) is 0 Å². The summed E-state index contributed by atoms with van der Waals surface area (Å²) in [5.74, 6) is 0. The first-order valence-electron chi connectivity index (χ1n) is 6.49. The van der Waals surface area contributed by atoms with Crippen molar-refractivity contribution in [3.05, 3.63) is 0 Å². The van der Waals surface area contributed by atoms with Crippen molar-refractivity contribution in [1.29, 1.82) is 0 Å². The van der Waals surface area contributed by atoms with E-state index in [0.717, 1.165) is 25.9 Å². The maximum absolute atomic E-state index is 11.8. The normalized spacial score (nSPS) is 32.4. The van der Waals surface area contributed by atoms with E-state index in [0.29, 0.717) is 19.7 Å². The highest BCUT2D eigenvalue weighted by atomic mass is 16.6. The molecule has 0 aromatic rings. The Balaban J connectivity index is 2.05. The average Bonchev–Trinajstić information content (AvgIpc) is 2.28. The zero-order valence-corrected chi connectivity index (χ0v) is 10.7. The van der Waals surface area contributed by atoms with Crippen molar-refractivity contribution in [1.82, 2.24) is 10.2 Å². The number of morpholine rings is 2. The fourth-order valence-electron chi connectivity index (χ4n) is 2.79. The van der Waals surface area contributed by atoms with Gasteiger partial charge < -0.3 is 19.7 Å². The molecular formula is C12H22N2O3. The molecule has 0 aromatic carbocycles. The number of fused-ring (bicyclic) bond motifs is 2. The molecule has 5 heteroatoms. The molecule has 0 spiro atoms. The minimum absolute atomic E-state index is 0.105. The first kappa shape index (κ1) is 12.6. The minimum atomic E-state index is -0.206. The van der Waals surface area contributed by atoms with Crippen molar-refractivity contribution in [3.63, 3.8) is 0 Å². The summed E-state index contributed by atoms with van der Waals surface area (Å²) in [4.78, 5) is 13.6. The molecule has 2 fully saturated rings. The lowest BCUT2D eigenvalue weighted by molar-refractivity contribution is -0.169. The Labute approximate surface area is 102 Å². The molecule has 2 unspecified atom stereocenters. The molecule has 2 rings (SSSR count). The number of ether oxygens (including phenoxy) is 2. The Kier molecular flexibility index (Phi) is 3.89. The molecule has 0 saturated carbocycles. The van der Waals surface area contributed by atoms with Crippen molar-refractivity contribution in [2.24, 2.45) is 0 Å². The Morgan fingerprint density at radius 3 is 3.12 bits per heavy atom. The van der Waals surface area contributed by atoms with Crippen LogP contribution in [0.5, 0.6) is 0 Å². The van der Waals surface area contributed by atoms with Gasteiger partial charge in [-0.3, -0.25) is 0 Å². The number of hydrogen-bond acceptors (Lipinski definition) is 4. The van der Waals surface area contributed by atoms with E-state index in [2.05, 4.69) is 12.2 Å². The summed E-state index contributed by atoms with van der Waals surface area (Å²) in [5.41, 5.74) is -0.206. The van der Waals surface area contributed by atoms with E-state index < -0.39 is 0 Å². The van der Waals surface area contributed by atoms with Crippen LogP contribution < -0.4 is 5.32 Å². The van der Waals surface area contributed by atoms with Gasteiger partial charge in [-0.25, -0.2) is 4.79 Å². The monoisotopic (exact) mass is 242 g/mol. The molecule has 2 heterocycles. The fourth-order valence-corrected chi connectivity index (χ4v) is 2.79. The maximum Gasteiger partial charge on any atom is 0.409 e. The zero-order valence-electron chi connectivity index (χ0n) is 10.7. The largest absolute Gasteiger partial charge is 0.450 e. The van der Waals surface area contributed by atoms with Gasteiger partial charge in [-0.1, -0.05) is 13.3 Å². The molecule has 1 N–H and O–H groups in total. The second-order valence-electron chi connectivity index (χ2n) is 4.88. The molecule has 0 aromatic heterocycles. The number of amides is 1. The van der Waals surface area contributed by atoms with Crippen LogP contribution in [0, 0.1) is 0 Å². The average molecular weight is 242 g/mol. The number of nitrogens with one attached hydrogen (secondary N) is 1. The van der Waals surface area contributed by atoms with Crippen LogP contribution in [0.4, 0.5) is 4.79 Å². The number of carbonyl (C=O) groups excluding carboxylic acids is 1. The van der Waals surface area contributed by atoms with Crippen molar-refractivity contribution in [2.75, 3.05) is 32.8 Å². The first-order chi connectivity index (χ1) is 8.19. The molecule has 17 heavy (non-hydrogen) atoms. The molecule has 2 bridgehead atoms. The molecule has 98 valence electrons. The summed E-state index contributed by atoms with van der Waals surface area (Å²) in [6.45, 7) is 7.34. The van der Waals surface area contributed by atoms with Crippen LogP contribution in [0.25, 0.3) is 0 Å². The predicted molar refractivity (Wildman–Crippen MR) is 64.0 cm³/mol. The smallest absolute Gasteiger partial charge is 0.409 e. The third-order valence-electron chi connectivity index (χ3n) is 3.37. The summed E-state index contributed by atoms with van der Waals surface area (Å²) < 4.78 is 11.2. The van der Waals surface area contributed by atoms with Crippen LogP contribution in [-0.4, -0.2) is 55.5 Å². The Morgan fingerprint density at radius 2 is 2.41 bits per heavy atom. The fraction of sp³-hybridized carbons (Fsp3) is 0.917. The van der Waals surface area contributed by atoms with Gasteiger partial charge in [0.1, 0.15) is 0 Å². The third-order valence-corrected chi connectivity index (χ3v) is 3.37. The van der Waals surface area contributed by atoms with E-state index in [9.17, 15) is 4.79 Å². The molecule has 0 radical (unpaired) electrons. The summed E-state index contributed by atoms with van der Waals surface area (Å²) >= 11 is 0. The third kappa shape index (κ3) is 2.72. The van der Waals surface area contributed by atoms with Gasteiger partial charge in [-0.15, -0.1) is 0 Å². The van der Waals surface area contributed by atoms with E-state index in [-0.39, 0.29) is 17.8 Å². The van der Waals surface area contributed by atoms with Crippen LogP contribution in [-0.2, 0) is 9.47 Å². The van der Waals surface area contributed by atoms with Gasteiger partial charge >= 0.3 is 6.09 Å². The van der Waals surface area contributed by atoms with Crippen molar-refractivity contribution in [2.45, 2.75) is 38.4 Å². The van der Waals surface area contributed by atoms with E-state index in [1.807, 2.05) is 6.92 Å². The molecule has 1 amide bonds. The maximum atomic E-state index is 11.8. The summed E-state index contributed by atoms with van der Waals surface area (Å²) in [5, 5.41) is 3.40. The lowest BCUT2D eigenvalue weighted by Gasteiger charge is -2.49. The van der Waals surface area contributed by atoms with E-state index in [1.54, 1.807) is 4.90 Å². The van der Waals surface area contributed by atoms with Crippen LogP contribution in [0.3, 0.4) is 0 Å². The van der Waals surface area contributed by atoms with Crippen molar-refractivity contribution >= 4 is 6.09 Å². The van der Waals surface area contributed by atoms with Gasteiger partial charge in [0.2, 0.25) is 0 Å². The summed E-state index contributed by atoms with van der Waals surface area (Å²) in [6.07, 6.45) is 1.94.